The Morgan fingerprint density at radius 2 is 1.96 bits per heavy atom. The number of morpholine rings is 1. The number of nitrogens with one attached hydrogen (secondary N) is 1. The third kappa shape index (κ3) is 7.73. The summed E-state index contributed by atoms with van der Waals surface area (Å²) in [5.41, 5.74) is 5.75. The molecule has 0 atom stereocenters. The van der Waals surface area contributed by atoms with Crippen LogP contribution in [0.5, 0.6) is 0 Å². The molecule has 0 saturated carbocycles. The van der Waals surface area contributed by atoms with Gasteiger partial charge >= 0.3 is 6.18 Å². The van der Waals surface area contributed by atoms with Crippen LogP contribution in [-0.4, -0.2) is 38.8 Å². The lowest BCUT2D eigenvalue weighted by molar-refractivity contribution is -0.138. The Bertz CT molecular complexity index is 617. The van der Waals surface area contributed by atoms with E-state index in [9.17, 15) is 13.2 Å². The first kappa shape index (κ1) is 23.8. The second-order valence-corrected chi connectivity index (χ2v) is 6.75. The molecule has 1 saturated heterocycles. The Morgan fingerprint density at radius 1 is 1.30 bits per heavy atom. The van der Waals surface area contributed by atoms with Crippen LogP contribution in [-0.2, 0) is 17.5 Å². The molecule has 0 unspecified atom stereocenters. The van der Waals surface area contributed by atoms with E-state index in [2.05, 4.69) is 24.2 Å². The number of guanidine groups is 1. The third-order valence-electron chi connectivity index (χ3n) is 4.22. The van der Waals surface area contributed by atoms with Gasteiger partial charge in [-0.25, -0.2) is 4.99 Å². The number of benzene rings is 1. The number of aliphatic imine (C=N–C) groups is 1. The van der Waals surface area contributed by atoms with Gasteiger partial charge in [-0.2, -0.15) is 13.2 Å². The van der Waals surface area contributed by atoms with Gasteiger partial charge in [0.1, 0.15) is 0 Å². The summed E-state index contributed by atoms with van der Waals surface area (Å²) in [6.07, 6.45) is -3.52. The van der Waals surface area contributed by atoms with E-state index in [0.29, 0.717) is 44.5 Å². The summed E-state index contributed by atoms with van der Waals surface area (Å²) in [5, 5.41) is 2.93. The molecular weight excluding hydrogens is 472 g/mol. The van der Waals surface area contributed by atoms with Gasteiger partial charge in [-0.05, 0) is 30.0 Å². The lowest BCUT2D eigenvalue weighted by atomic mass is 10.1. The summed E-state index contributed by atoms with van der Waals surface area (Å²) in [7, 11) is 0. The van der Waals surface area contributed by atoms with Crippen LogP contribution in [0.1, 0.15) is 31.4 Å². The van der Waals surface area contributed by atoms with Crippen LogP contribution in [0.3, 0.4) is 0 Å². The number of ether oxygens (including phenoxy) is 1. The minimum Gasteiger partial charge on any atom is -0.378 e. The van der Waals surface area contributed by atoms with E-state index in [1.54, 1.807) is 6.07 Å². The quantitative estimate of drug-likeness (QED) is 0.356. The van der Waals surface area contributed by atoms with E-state index in [-0.39, 0.29) is 42.0 Å². The Labute approximate surface area is 175 Å². The Morgan fingerprint density at radius 3 is 2.56 bits per heavy atom. The first-order chi connectivity index (χ1) is 12.3. The van der Waals surface area contributed by atoms with Gasteiger partial charge in [0, 0.05) is 25.3 Å². The minimum atomic E-state index is -4.44. The summed E-state index contributed by atoms with van der Waals surface area (Å²) in [4.78, 5) is 5.95. The van der Waals surface area contributed by atoms with Gasteiger partial charge < -0.3 is 20.7 Å². The number of rotatable bonds is 6. The fraction of sp³-hybridized carbons (Fsp3) is 0.611. The molecule has 154 valence electrons. The Kier molecular flexibility index (Phi) is 9.65. The molecule has 3 N–H and O–H groups in total. The van der Waals surface area contributed by atoms with E-state index >= 15 is 0 Å². The van der Waals surface area contributed by atoms with E-state index < -0.39 is 11.7 Å². The van der Waals surface area contributed by atoms with E-state index in [1.807, 2.05) is 4.90 Å². The first-order valence-corrected chi connectivity index (χ1v) is 8.84. The van der Waals surface area contributed by atoms with Crippen molar-refractivity contribution in [2.45, 2.75) is 33.0 Å². The smallest absolute Gasteiger partial charge is 0.378 e. The molecule has 27 heavy (non-hydrogen) atoms. The topological polar surface area (TPSA) is 62.9 Å². The van der Waals surface area contributed by atoms with E-state index in [1.165, 1.54) is 12.1 Å². The lowest BCUT2D eigenvalue weighted by Crippen LogP contribution is -2.36. The zero-order valence-corrected chi connectivity index (χ0v) is 18.0. The van der Waals surface area contributed by atoms with Crippen LogP contribution in [0.15, 0.2) is 23.2 Å². The summed E-state index contributed by atoms with van der Waals surface area (Å²) in [6.45, 7) is 6.91. The van der Waals surface area contributed by atoms with E-state index in [0.717, 1.165) is 6.42 Å². The molecule has 0 radical (unpaired) electrons. The molecule has 2 rings (SSSR count). The highest BCUT2D eigenvalue weighted by Crippen LogP contribution is 2.35. The average molecular weight is 500 g/mol. The Balaban J connectivity index is 0.00000364. The van der Waals surface area contributed by atoms with Crippen molar-refractivity contribution in [3.63, 3.8) is 0 Å². The molecule has 5 nitrogen and oxygen atoms in total. The summed E-state index contributed by atoms with van der Waals surface area (Å²) in [6, 6.07) is 4.38. The number of halogens is 4. The summed E-state index contributed by atoms with van der Waals surface area (Å²) >= 11 is 0. The normalized spacial score (nSPS) is 15.6. The lowest BCUT2D eigenvalue weighted by Gasteiger charge is -2.29. The van der Waals surface area contributed by atoms with Gasteiger partial charge in [0.05, 0.1) is 25.3 Å². The molecule has 1 fully saturated rings. The van der Waals surface area contributed by atoms with Crippen LogP contribution >= 0.6 is 24.0 Å². The van der Waals surface area contributed by atoms with Crippen LogP contribution in [0, 0.1) is 5.92 Å². The molecule has 0 aliphatic carbocycles. The Hall–Kier alpha value is -1.23. The van der Waals surface area contributed by atoms with Crippen molar-refractivity contribution in [2.24, 2.45) is 16.6 Å². The fourth-order valence-electron chi connectivity index (χ4n) is 2.70. The van der Waals surface area contributed by atoms with Gasteiger partial charge in [-0.1, -0.05) is 19.9 Å². The van der Waals surface area contributed by atoms with Crippen molar-refractivity contribution in [1.29, 1.82) is 0 Å². The largest absolute Gasteiger partial charge is 0.416 e. The zero-order chi connectivity index (χ0) is 19.2. The highest BCUT2D eigenvalue weighted by atomic mass is 127. The van der Waals surface area contributed by atoms with Gasteiger partial charge in [0.25, 0.3) is 0 Å². The van der Waals surface area contributed by atoms with Crippen LogP contribution in [0.4, 0.5) is 18.9 Å². The predicted molar refractivity (Wildman–Crippen MR) is 113 cm³/mol. The standard InChI is InChI=1S/C18H27F3N4O.HI/c1-13(2)5-6-23-17(22)24-12-14-3-4-15(11-16(14)18(19,20)21)25-7-9-26-10-8-25;/h3-4,11,13H,5-10,12H2,1-2H3,(H3,22,23,24);1H. The molecule has 1 aromatic carbocycles. The number of hydrogen-bond acceptors (Lipinski definition) is 3. The monoisotopic (exact) mass is 500 g/mol. The molecule has 0 aromatic heterocycles. The molecule has 0 bridgehead atoms. The highest BCUT2D eigenvalue weighted by Gasteiger charge is 2.34. The SMILES string of the molecule is CC(C)CCNC(N)=NCc1ccc(N2CCOCC2)cc1C(F)(F)F.I. The van der Waals surface area contributed by atoms with Crippen molar-refractivity contribution in [1.82, 2.24) is 5.32 Å². The number of anilines is 1. The van der Waals surface area contributed by atoms with Crippen molar-refractivity contribution in [3.8, 4) is 0 Å². The van der Waals surface area contributed by atoms with Gasteiger partial charge in [0.2, 0.25) is 0 Å². The summed E-state index contributed by atoms with van der Waals surface area (Å²) < 4.78 is 45.7. The van der Waals surface area contributed by atoms with Gasteiger partial charge in [0.15, 0.2) is 5.96 Å². The van der Waals surface area contributed by atoms with Crippen molar-refractivity contribution in [3.05, 3.63) is 29.3 Å². The molecule has 0 spiro atoms. The van der Waals surface area contributed by atoms with Gasteiger partial charge in [-0.3, -0.25) is 0 Å². The number of alkyl halides is 3. The molecule has 1 aromatic rings. The van der Waals surface area contributed by atoms with Crippen LogP contribution < -0.4 is 16.0 Å². The van der Waals surface area contributed by atoms with Crippen molar-refractivity contribution in [2.75, 3.05) is 37.7 Å². The first-order valence-electron chi connectivity index (χ1n) is 8.84. The maximum atomic E-state index is 13.5. The molecule has 1 heterocycles. The molecule has 9 heteroatoms. The fourth-order valence-corrected chi connectivity index (χ4v) is 2.70. The van der Waals surface area contributed by atoms with E-state index in [4.69, 9.17) is 10.5 Å². The molecular formula is C18H28F3IN4O. The maximum absolute atomic E-state index is 13.5. The molecule has 0 amide bonds. The second-order valence-electron chi connectivity index (χ2n) is 6.75. The third-order valence-corrected chi connectivity index (χ3v) is 4.22. The maximum Gasteiger partial charge on any atom is 0.416 e. The van der Waals surface area contributed by atoms with Gasteiger partial charge in [-0.15, -0.1) is 24.0 Å². The van der Waals surface area contributed by atoms with Crippen LogP contribution in [0.25, 0.3) is 0 Å². The minimum absolute atomic E-state index is 0. The average Bonchev–Trinajstić information content (AvgIpc) is 2.59. The van der Waals surface area contributed by atoms with Crippen molar-refractivity contribution < 1.29 is 17.9 Å². The number of hydrogen-bond donors (Lipinski definition) is 2. The van der Waals surface area contributed by atoms with Crippen molar-refractivity contribution >= 4 is 35.6 Å². The molecule has 1 aliphatic rings. The van der Waals surface area contributed by atoms with Crippen LogP contribution in [0.2, 0.25) is 0 Å². The zero-order valence-electron chi connectivity index (χ0n) is 15.7. The number of nitrogens with two attached hydrogens (primary N) is 1. The second kappa shape index (κ2) is 10.9. The molecule has 1 aliphatic heterocycles. The number of nitrogens with zero attached hydrogens (tertiary/aromatic N) is 2. The highest BCUT2D eigenvalue weighted by molar-refractivity contribution is 14.0. The summed E-state index contributed by atoms with van der Waals surface area (Å²) in [5.74, 6) is 0.677. The predicted octanol–water partition coefficient (Wildman–Crippen LogP) is 3.61.